The number of furan rings is 1. The van der Waals surface area contributed by atoms with Crippen LogP contribution in [0.3, 0.4) is 0 Å². The molecule has 22 heavy (non-hydrogen) atoms. The maximum absolute atomic E-state index is 6.13. The Morgan fingerprint density at radius 2 is 1.77 bits per heavy atom. The fraction of sp³-hybridized carbons (Fsp3) is 0.312. The molecule has 1 heterocycles. The van der Waals surface area contributed by atoms with Gasteiger partial charge in [0.25, 0.3) is 0 Å². The van der Waals surface area contributed by atoms with Crippen LogP contribution in [-0.4, -0.2) is 13.0 Å². The maximum Gasteiger partial charge on any atom is 0.191 e. The third kappa shape index (κ3) is 5.21. The van der Waals surface area contributed by atoms with Gasteiger partial charge in [-0.15, -0.1) is 24.0 Å². The first-order chi connectivity index (χ1) is 10.1. The number of halogens is 2. The van der Waals surface area contributed by atoms with Crippen molar-refractivity contribution in [2.24, 2.45) is 4.99 Å². The molecule has 2 rings (SSSR count). The molecular weight excluding hydrogens is 413 g/mol. The Kier molecular flexibility index (Phi) is 7.75. The summed E-state index contributed by atoms with van der Waals surface area (Å²) in [5.41, 5.74) is 2.17. The fourth-order valence-electron chi connectivity index (χ4n) is 2.08. The van der Waals surface area contributed by atoms with Gasteiger partial charge in [-0.25, -0.2) is 0 Å². The largest absolute Gasteiger partial charge is 0.466 e. The van der Waals surface area contributed by atoms with Gasteiger partial charge >= 0.3 is 0 Å². The van der Waals surface area contributed by atoms with Gasteiger partial charge in [0.15, 0.2) is 5.96 Å². The van der Waals surface area contributed by atoms with Crippen molar-refractivity contribution in [1.82, 2.24) is 10.6 Å². The summed E-state index contributed by atoms with van der Waals surface area (Å²) in [6.07, 6.45) is 0. The SMILES string of the molecule is CN=C(NCc1ccccc1Cl)NCc1cc(C)oc1C.I. The summed E-state index contributed by atoms with van der Waals surface area (Å²) in [4.78, 5) is 4.21. The average molecular weight is 434 g/mol. The van der Waals surface area contributed by atoms with E-state index in [-0.39, 0.29) is 24.0 Å². The fourth-order valence-corrected chi connectivity index (χ4v) is 2.28. The summed E-state index contributed by atoms with van der Waals surface area (Å²) in [6, 6.07) is 9.79. The minimum absolute atomic E-state index is 0. The second-order valence-corrected chi connectivity index (χ2v) is 5.22. The zero-order valence-corrected chi connectivity index (χ0v) is 16.0. The molecule has 0 aliphatic rings. The van der Waals surface area contributed by atoms with Gasteiger partial charge in [-0.05, 0) is 31.5 Å². The van der Waals surface area contributed by atoms with Gasteiger partial charge in [-0.1, -0.05) is 29.8 Å². The summed E-state index contributed by atoms with van der Waals surface area (Å²) in [5, 5.41) is 7.26. The zero-order valence-electron chi connectivity index (χ0n) is 12.9. The highest BCUT2D eigenvalue weighted by Crippen LogP contribution is 2.14. The minimum atomic E-state index is 0. The summed E-state index contributed by atoms with van der Waals surface area (Å²) < 4.78 is 5.51. The molecule has 4 nitrogen and oxygen atoms in total. The van der Waals surface area contributed by atoms with Crippen LogP contribution in [0.15, 0.2) is 39.7 Å². The van der Waals surface area contributed by atoms with Crippen LogP contribution in [-0.2, 0) is 13.1 Å². The predicted octanol–water partition coefficient (Wildman–Crippen LogP) is 4.03. The monoisotopic (exact) mass is 433 g/mol. The molecule has 120 valence electrons. The summed E-state index contributed by atoms with van der Waals surface area (Å²) in [5.74, 6) is 2.58. The van der Waals surface area contributed by atoms with Gasteiger partial charge in [0.1, 0.15) is 11.5 Å². The summed E-state index contributed by atoms with van der Waals surface area (Å²) in [6.45, 7) is 5.21. The number of hydrogen-bond acceptors (Lipinski definition) is 2. The Bertz CT molecular complexity index is 640. The first kappa shape index (κ1) is 18.8. The van der Waals surface area contributed by atoms with E-state index in [0.717, 1.165) is 33.6 Å². The second kappa shape index (κ2) is 9.05. The Morgan fingerprint density at radius 3 is 2.32 bits per heavy atom. The normalized spacial score (nSPS) is 11.0. The molecule has 0 fully saturated rings. The van der Waals surface area contributed by atoms with Crippen LogP contribution >= 0.6 is 35.6 Å². The molecular formula is C16H21ClIN3O. The van der Waals surface area contributed by atoms with Crippen LogP contribution < -0.4 is 10.6 Å². The molecule has 0 spiro atoms. The van der Waals surface area contributed by atoms with E-state index in [9.17, 15) is 0 Å². The van der Waals surface area contributed by atoms with E-state index in [0.29, 0.717) is 13.1 Å². The van der Waals surface area contributed by atoms with Crippen molar-refractivity contribution in [2.75, 3.05) is 7.05 Å². The van der Waals surface area contributed by atoms with E-state index in [1.807, 2.05) is 44.2 Å². The summed E-state index contributed by atoms with van der Waals surface area (Å²) >= 11 is 6.13. The lowest BCUT2D eigenvalue weighted by Gasteiger charge is -2.12. The van der Waals surface area contributed by atoms with Crippen LogP contribution in [0.25, 0.3) is 0 Å². The molecule has 0 amide bonds. The Balaban J connectivity index is 0.00000242. The molecule has 2 aromatic rings. The van der Waals surface area contributed by atoms with Gasteiger partial charge in [-0.2, -0.15) is 0 Å². The first-order valence-electron chi connectivity index (χ1n) is 6.84. The molecule has 1 aromatic heterocycles. The van der Waals surface area contributed by atoms with Crippen molar-refractivity contribution in [3.8, 4) is 0 Å². The van der Waals surface area contributed by atoms with E-state index in [1.165, 1.54) is 0 Å². The number of rotatable bonds is 4. The molecule has 0 radical (unpaired) electrons. The number of aryl methyl sites for hydroxylation is 2. The van der Waals surface area contributed by atoms with Gasteiger partial charge in [0, 0.05) is 30.7 Å². The average Bonchev–Trinajstić information content (AvgIpc) is 2.79. The van der Waals surface area contributed by atoms with Crippen LogP contribution in [0.5, 0.6) is 0 Å². The van der Waals surface area contributed by atoms with E-state index in [1.54, 1.807) is 7.05 Å². The van der Waals surface area contributed by atoms with Crippen molar-refractivity contribution >= 4 is 41.5 Å². The topological polar surface area (TPSA) is 49.6 Å². The van der Waals surface area contributed by atoms with Gasteiger partial charge < -0.3 is 15.1 Å². The van der Waals surface area contributed by atoms with Crippen LogP contribution in [0.4, 0.5) is 0 Å². The van der Waals surface area contributed by atoms with Gasteiger partial charge in [0.2, 0.25) is 0 Å². The van der Waals surface area contributed by atoms with E-state index >= 15 is 0 Å². The van der Waals surface area contributed by atoms with Gasteiger partial charge in [0.05, 0.1) is 0 Å². The lowest BCUT2D eigenvalue weighted by molar-refractivity contribution is 0.500. The van der Waals surface area contributed by atoms with Crippen molar-refractivity contribution in [3.63, 3.8) is 0 Å². The van der Waals surface area contributed by atoms with E-state index < -0.39 is 0 Å². The number of nitrogens with zero attached hydrogens (tertiary/aromatic N) is 1. The highest BCUT2D eigenvalue weighted by Gasteiger charge is 2.06. The van der Waals surface area contributed by atoms with Crippen molar-refractivity contribution in [2.45, 2.75) is 26.9 Å². The van der Waals surface area contributed by atoms with Crippen LogP contribution in [0.2, 0.25) is 5.02 Å². The quantitative estimate of drug-likeness (QED) is 0.435. The number of benzene rings is 1. The highest BCUT2D eigenvalue weighted by atomic mass is 127. The number of aliphatic imine (C=N–C) groups is 1. The highest BCUT2D eigenvalue weighted by molar-refractivity contribution is 14.0. The Hall–Kier alpha value is -1.21. The molecule has 0 unspecified atom stereocenters. The number of nitrogens with one attached hydrogen (secondary N) is 2. The number of hydrogen-bond donors (Lipinski definition) is 2. The lowest BCUT2D eigenvalue weighted by atomic mass is 10.2. The lowest BCUT2D eigenvalue weighted by Crippen LogP contribution is -2.36. The smallest absolute Gasteiger partial charge is 0.191 e. The van der Waals surface area contributed by atoms with Crippen LogP contribution in [0.1, 0.15) is 22.6 Å². The number of guanidine groups is 1. The summed E-state index contributed by atoms with van der Waals surface area (Å²) in [7, 11) is 1.75. The molecule has 0 saturated carbocycles. The molecule has 2 N–H and O–H groups in total. The standard InChI is InChI=1S/C16H20ClN3O.HI/c1-11-8-14(12(2)21-11)10-20-16(18-3)19-9-13-6-4-5-7-15(13)17;/h4-8H,9-10H2,1-3H3,(H2,18,19,20);1H. The van der Waals surface area contributed by atoms with Crippen molar-refractivity contribution in [1.29, 1.82) is 0 Å². The maximum atomic E-state index is 6.13. The molecule has 0 bridgehead atoms. The first-order valence-corrected chi connectivity index (χ1v) is 7.21. The van der Waals surface area contributed by atoms with Crippen molar-refractivity contribution < 1.29 is 4.42 Å². The molecule has 0 aliphatic carbocycles. The van der Waals surface area contributed by atoms with E-state index in [4.69, 9.17) is 16.0 Å². The third-order valence-corrected chi connectivity index (χ3v) is 3.59. The molecule has 0 atom stereocenters. The van der Waals surface area contributed by atoms with Crippen molar-refractivity contribution in [3.05, 3.63) is 58.0 Å². The molecule has 0 aliphatic heterocycles. The van der Waals surface area contributed by atoms with Crippen LogP contribution in [0, 0.1) is 13.8 Å². The molecule has 1 aromatic carbocycles. The minimum Gasteiger partial charge on any atom is -0.466 e. The molecule has 6 heteroatoms. The Morgan fingerprint density at radius 1 is 1.14 bits per heavy atom. The Labute approximate surface area is 153 Å². The third-order valence-electron chi connectivity index (χ3n) is 3.22. The van der Waals surface area contributed by atoms with E-state index in [2.05, 4.69) is 15.6 Å². The second-order valence-electron chi connectivity index (χ2n) is 4.81. The molecule has 0 saturated heterocycles. The zero-order chi connectivity index (χ0) is 15.2. The predicted molar refractivity (Wildman–Crippen MR) is 102 cm³/mol. The van der Waals surface area contributed by atoms with Gasteiger partial charge in [-0.3, -0.25) is 4.99 Å².